The van der Waals surface area contributed by atoms with Crippen LogP contribution < -0.4 is 10.2 Å². The topological polar surface area (TPSA) is 61.9 Å². The van der Waals surface area contributed by atoms with Crippen molar-refractivity contribution in [2.24, 2.45) is 5.92 Å². The number of hydrogen-bond acceptors (Lipinski definition) is 4. The van der Waals surface area contributed by atoms with E-state index in [4.69, 9.17) is 4.74 Å². The van der Waals surface area contributed by atoms with E-state index in [1.807, 2.05) is 71.6 Å². The fourth-order valence-corrected chi connectivity index (χ4v) is 4.82. The molecule has 1 N–H and O–H groups in total. The molecule has 2 saturated heterocycles. The number of fused-ring (bicyclic) bond motifs is 1. The van der Waals surface area contributed by atoms with Crippen LogP contribution in [0.5, 0.6) is 0 Å². The third-order valence-electron chi connectivity index (χ3n) is 6.69. The Hall–Kier alpha value is -3.38. The monoisotopic (exact) mass is 443 g/mol. The smallest absolute Gasteiger partial charge is 0.254 e. The number of piperidine rings is 1. The molecule has 6 nitrogen and oxygen atoms in total. The summed E-state index contributed by atoms with van der Waals surface area (Å²) in [5, 5.41) is 5.20. The number of benzene rings is 3. The van der Waals surface area contributed by atoms with Crippen molar-refractivity contribution in [1.82, 2.24) is 4.90 Å². The predicted molar refractivity (Wildman–Crippen MR) is 131 cm³/mol. The number of para-hydroxylation sites is 2. The van der Waals surface area contributed by atoms with E-state index in [0.29, 0.717) is 39.1 Å². The fourth-order valence-electron chi connectivity index (χ4n) is 4.82. The van der Waals surface area contributed by atoms with Gasteiger partial charge in [0.25, 0.3) is 5.91 Å². The van der Waals surface area contributed by atoms with Crippen molar-refractivity contribution < 1.29 is 14.3 Å². The first-order valence-electron chi connectivity index (χ1n) is 11.7. The number of carbonyl (C=O) groups excluding carboxylic acids is 2. The lowest BCUT2D eigenvalue weighted by atomic mass is 9.94. The molecule has 0 aliphatic carbocycles. The van der Waals surface area contributed by atoms with Gasteiger partial charge in [-0.05, 0) is 41.8 Å². The Morgan fingerprint density at radius 3 is 2.33 bits per heavy atom. The van der Waals surface area contributed by atoms with Crippen LogP contribution in [0.2, 0.25) is 0 Å². The minimum Gasteiger partial charge on any atom is -0.378 e. The van der Waals surface area contributed by atoms with Gasteiger partial charge in [-0.25, -0.2) is 0 Å². The Labute approximate surface area is 194 Å². The Morgan fingerprint density at radius 1 is 0.818 bits per heavy atom. The summed E-state index contributed by atoms with van der Waals surface area (Å²) in [5.41, 5.74) is 2.62. The molecule has 3 aromatic rings. The van der Waals surface area contributed by atoms with Gasteiger partial charge in [-0.3, -0.25) is 9.59 Å². The zero-order valence-corrected chi connectivity index (χ0v) is 18.7. The van der Waals surface area contributed by atoms with Gasteiger partial charge in [0, 0.05) is 37.7 Å². The van der Waals surface area contributed by atoms with Crippen LogP contribution >= 0.6 is 0 Å². The van der Waals surface area contributed by atoms with Crippen molar-refractivity contribution in [3.05, 3.63) is 72.3 Å². The molecular formula is C27H29N3O3. The second-order valence-corrected chi connectivity index (χ2v) is 8.70. The standard InChI is InChI=1S/C27H29N3O3/c31-26(28-24-10-3-4-11-25(24)29-16-18-33-19-17-29)21-12-14-30(15-13-21)27(32)23-9-5-7-20-6-1-2-8-22(20)23/h1-11,21H,12-19H2,(H,28,31). The van der Waals surface area contributed by atoms with Crippen LogP contribution in [0, 0.1) is 5.92 Å². The zero-order chi connectivity index (χ0) is 22.6. The minimum absolute atomic E-state index is 0.0352. The van der Waals surface area contributed by atoms with Gasteiger partial charge in [0.05, 0.1) is 24.6 Å². The van der Waals surface area contributed by atoms with E-state index in [0.717, 1.165) is 40.8 Å². The van der Waals surface area contributed by atoms with E-state index in [1.165, 1.54) is 0 Å². The Bertz CT molecular complexity index is 1140. The first-order chi connectivity index (χ1) is 16.2. The third-order valence-corrected chi connectivity index (χ3v) is 6.69. The summed E-state index contributed by atoms with van der Waals surface area (Å²) in [4.78, 5) is 30.4. The third kappa shape index (κ3) is 4.57. The molecule has 0 atom stereocenters. The van der Waals surface area contributed by atoms with Crippen molar-refractivity contribution in [2.75, 3.05) is 49.6 Å². The van der Waals surface area contributed by atoms with Gasteiger partial charge in [-0.15, -0.1) is 0 Å². The molecule has 0 saturated carbocycles. The molecule has 6 heteroatoms. The average Bonchev–Trinajstić information content (AvgIpc) is 2.89. The SMILES string of the molecule is O=C(Nc1ccccc1N1CCOCC1)C1CCN(C(=O)c2cccc3ccccc23)CC1. The van der Waals surface area contributed by atoms with E-state index < -0.39 is 0 Å². The van der Waals surface area contributed by atoms with Gasteiger partial charge in [-0.1, -0.05) is 48.5 Å². The molecule has 2 aliphatic rings. The Balaban J connectivity index is 1.23. The van der Waals surface area contributed by atoms with E-state index in [-0.39, 0.29) is 17.7 Å². The van der Waals surface area contributed by atoms with Gasteiger partial charge in [0.15, 0.2) is 0 Å². The number of rotatable bonds is 4. The molecule has 3 aromatic carbocycles. The maximum absolute atomic E-state index is 13.2. The lowest BCUT2D eigenvalue weighted by Crippen LogP contribution is -2.41. The molecule has 33 heavy (non-hydrogen) atoms. The normalized spacial score (nSPS) is 17.2. The summed E-state index contributed by atoms with van der Waals surface area (Å²) >= 11 is 0. The van der Waals surface area contributed by atoms with Crippen LogP contribution in [0.3, 0.4) is 0 Å². The summed E-state index contributed by atoms with van der Waals surface area (Å²) in [5.74, 6) is -0.0180. The van der Waals surface area contributed by atoms with E-state index in [1.54, 1.807) is 0 Å². The summed E-state index contributed by atoms with van der Waals surface area (Å²) < 4.78 is 5.46. The molecule has 2 aliphatic heterocycles. The molecule has 0 radical (unpaired) electrons. The summed E-state index contributed by atoms with van der Waals surface area (Å²) in [6.45, 7) is 4.22. The molecule has 5 rings (SSSR count). The maximum atomic E-state index is 13.2. The molecule has 2 amide bonds. The predicted octanol–water partition coefficient (Wildman–Crippen LogP) is 4.17. The number of nitrogens with one attached hydrogen (secondary N) is 1. The first kappa shape index (κ1) is 21.5. The minimum atomic E-state index is -0.0979. The van der Waals surface area contributed by atoms with Gasteiger partial charge in [0.2, 0.25) is 5.91 Å². The number of amides is 2. The molecule has 0 aromatic heterocycles. The highest BCUT2D eigenvalue weighted by atomic mass is 16.5. The molecule has 2 fully saturated rings. The Kier molecular flexibility index (Phi) is 6.26. The fraction of sp³-hybridized carbons (Fsp3) is 0.333. The van der Waals surface area contributed by atoms with Gasteiger partial charge >= 0.3 is 0 Å². The van der Waals surface area contributed by atoms with E-state index in [9.17, 15) is 9.59 Å². The second-order valence-electron chi connectivity index (χ2n) is 8.70. The van der Waals surface area contributed by atoms with Crippen molar-refractivity contribution in [1.29, 1.82) is 0 Å². The Morgan fingerprint density at radius 2 is 1.52 bits per heavy atom. The number of nitrogens with zero attached hydrogens (tertiary/aromatic N) is 2. The highest BCUT2D eigenvalue weighted by Crippen LogP contribution is 2.29. The largest absolute Gasteiger partial charge is 0.378 e. The van der Waals surface area contributed by atoms with Gasteiger partial charge in [-0.2, -0.15) is 0 Å². The van der Waals surface area contributed by atoms with Crippen molar-refractivity contribution in [2.45, 2.75) is 12.8 Å². The van der Waals surface area contributed by atoms with Crippen LogP contribution in [0.1, 0.15) is 23.2 Å². The number of carbonyl (C=O) groups is 2. The average molecular weight is 444 g/mol. The first-order valence-corrected chi connectivity index (χ1v) is 11.7. The van der Waals surface area contributed by atoms with Crippen molar-refractivity contribution >= 4 is 34.0 Å². The second kappa shape index (κ2) is 9.63. The quantitative estimate of drug-likeness (QED) is 0.658. The van der Waals surface area contributed by atoms with Crippen molar-refractivity contribution in [3.8, 4) is 0 Å². The summed E-state index contributed by atoms with van der Waals surface area (Å²) in [7, 11) is 0. The number of morpholine rings is 1. The summed E-state index contributed by atoms with van der Waals surface area (Å²) in [6, 6.07) is 21.8. The van der Waals surface area contributed by atoms with Crippen LogP contribution in [0.4, 0.5) is 11.4 Å². The highest BCUT2D eigenvalue weighted by Gasteiger charge is 2.29. The van der Waals surface area contributed by atoms with Crippen LogP contribution in [-0.2, 0) is 9.53 Å². The maximum Gasteiger partial charge on any atom is 0.254 e. The van der Waals surface area contributed by atoms with Crippen LogP contribution in [-0.4, -0.2) is 56.1 Å². The lowest BCUT2D eigenvalue weighted by molar-refractivity contribution is -0.121. The van der Waals surface area contributed by atoms with Crippen LogP contribution in [0.25, 0.3) is 10.8 Å². The van der Waals surface area contributed by atoms with E-state index >= 15 is 0 Å². The van der Waals surface area contributed by atoms with Crippen LogP contribution in [0.15, 0.2) is 66.7 Å². The molecule has 170 valence electrons. The summed E-state index contributed by atoms with van der Waals surface area (Å²) in [6.07, 6.45) is 1.34. The highest BCUT2D eigenvalue weighted by molar-refractivity contribution is 6.07. The van der Waals surface area contributed by atoms with Gasteiger partial charge < -0.3 is 19.9 Å². The molecular weight excluding hydrogens is 414 g/mol. The number of hydrogen-bond donors (Lipinski definition) is 1. The number of anilines is 2. The number of ether oxygens (including phenoxy) is 1. The van der Waals surface area contributed by atoms with Crippen molar-refractivity contribution in [3.63, 3.8) is 0 Å². The lowest BCUT2D eigenvalue weighted by Gasteiger charge is -2.33. The molecule has 0 unspecified atom stereocenters. The van der Waals surface area contributed by atoms with Gasteiger partial charge in [0.1, 0.15) is 0 Å². The zero-order valence-electron chi connectivity index (χ0n) is 18.7. The number of likely N-dealkylation sites (tertiary alicyclic amines) is 1. The molecule has 2 heterocycles. The van der Waals surface area contributed by atoms with E-state index in [2.05, 4.69) is 10.2 Å². The molecule has 0 spiro atoms. The molecule has 0 bridgehead atoms.